The van der Waals surface area contributed by atoms with E-state index in [1.165, 1.54) is 10.4 Å². The smallest absolute Gasteiger partial charge is 0.326 e. The third-order valence-corrected chi connectivity index (χ3v) is 5.09. The molecule has 1 aromatic rings. The first kappa shape index (κ1) is 18.3. The molecular formula is C16H22N2O5S. The number of aliphatic carboxylic acids is 1. The Bertz CT molecular complexity index is 758. The maximum absolute atomic E-state index is 12.3. The quantitative estimate of drug-likeness (QED) is 0.800. The van der Waals surface area contributed by atoms with Gasteiger partial charge in [0.05, 0.1) is 11.9 Å². The Morgan fingerprint density at radius 2 is 2.00 bits per heavy atom. The molecule has 1 aliphatic heterocycles. The number of nitrogens with zero attached hydrogens (tertiary/aromatic N) is 1. The number of sulfonamides is 1. The number of nitrogens with one attached hydrogen (secondary N) is 1. The minimum Gasteiger partial charge on any atom is -0.480 e. The van der Waals surface area contributed by atoms with Crippen LogP contribution in [0.2, 0.25) is 0 Å². The van der Waals surface area contributed by atoms with Gasteiger partial charge in [-0.1, -0.05) is 13.8 Å². The van der Waals surface area contributed by atoms with Crippen LogP contribution in [-0.4, -0.2) is 44.2 Å². The molecule has 1 aliphatic rings. The van der Waals surface area contributed by atoms with Crippen LogP contribution >= 0.6 is 0 Å². The van der Waals surface area contributed by atoms with Gasteiger partial charge in [-0.25, -0.2) is 13.2 Å². The highest BCUT2D eigenvalue weighted by atomic mass is 32.2. The molecule has 1 heterocycles. The molecule has 0 saturated heterocycles. The van der Waals surface area contributed by atoms with Crippen LogP contribution in [0.25, 0.3) is 0 Å². The van der Waals surface area contributed by atoms with Crippen molar-refractivity contribution in [3.05, 3.63) is 29.3 Å². The van der Waals surface area contributed by atoms with Crippen LogP contribution < -0.4 is 9.62 Å². The third kappa shape index (κ3) is 4.05. The molecule has 132 valence electrons. The van der Waals surface area contributed by atoms with Crippen molar-refractivity contribution >= 4 is 27.6 Å². The lowest BCUT2D eigenvalue weighted by Gasteiger charge is -2.18. The van der Waals surface area contributed by atoms with Crippen LogP contribution in [-0.2, 0) is 21.2 Å². The van der Waals surface area contributed by atoms with Gasteiger partial charge < -0.3 is 10.4 Å². The normalized spacial score (nSPS) is 15.2. The SMILES string of the molecule is CC(C)C[C@H](NC(=O)c1ccc2c(c1)CCN2S(C)(=O)=O)C(=O)O. The molecule has 1 aromatic carbocycles. The Labute approximate surface area is 141 Å². The number of carboxylic acid groups (broad SMARTS) is 1. The van der Waals surface area contributed by atoms with E-state index in [0.717, 1.165) is 11.8 Å². The third-order valence-electron chi connectivity index (χ3n) is 3.91. The van der Waals surface area contributed by atoms with Crippen LogP contribution in [0, 0.1) is 5.92 Å². The van der Waals surface area contributed by atoms with E-state index in [9.17, 15) is 23.1 Å². The first-order valence-electron chi connectivity index (χ1n) is 7.74. The van der Waals surface area contributed by atoms with Crippen LogP contribution in [0.4, 0.5) is 5.69 Å². The van der Waals surface area contributed by atoms with Gasteiger partial charge in [0, 0.05) is 12.1 Å². The monoisotopic (exact) mass is 354 g/mol. The molecule has 0 bridgehead atoms. The van der Waals surface area contributed by atoms with Crippen LogP contribution in [0.15, 0.2) is 18.2 Å². The van der Waals surface area contributed by atoms with Gasteiger partial charge in [-0.05, 0) is 42.5 Å². The van der Waals surface area contributed by atoms with Gasteiger partial charge in [-0.15, -0.1) is 0 Å². The molecule has 0 spiro atoms. The Morgan fingerprint density at radius 3 is 2.54 bits per heavy atom. The first-order chi connectivity index (χ1) is 11.1. The van der Waals surface area contributed by atoms with Crippen molar-refractivity contribution in [1.82, 2.24) is 5.32 Å². The summed E-state index contributed by atoms with van der Waals surface area (Å²) >= 11 is 0. The molecule has 1 atom stereocenters. The van der Waals surface area contributed by atoms with E-state index < -0.39 is 27.9 Å². The first-order valence-corrected chi connectivity index (χ1v) is 9.58. The number of hydrogen-bond donors (Lipinski definition) is 2. The summed E-state index contributed by atoms with van der Waals surface area (Å²) in [6.45, 7) is 4.12. The molecule has 0 saturated carbocycles. The lowest BCUT2D eigenvalue weighted by molar-refractivity contribution is -0.139. The fourth-order valence-electron chi connectivity index (χ4n) is 2.79. The second-order valence-electron chi connectivity index (χ2n) is 6.42. The van der Waals surface area contributed by atoms with E-state index >= 15 is 0 Å². The Balaban J connectivity index is 2.19. The summed E-state index contributed by atoms with van der Waals surface area (Å²) in [7, 11) is -3.34. The summed E-state index contributed by atoms with van der Waals surface area (Å²) in [5.74, 6) is -1.40. The largest absolute Gasteiger partial charge is 0.480 e. The summed E-state index contributed by atoms with van der Waals surface area (Å²) in [6.07, 6.45) is 2.01. The van der Waals surface area contributed by atoms with Gasteiger partial charge in [0.1, 0.15) is 6.04 Å². The number of rotatable bonds is 6. The highest BCUT2D eigenvalue weighted by Gasteiger charge is 2.27. The molecule has 0 aromatic heterocycles. The molecule has 0 fully saturated rings. The van der Waals surface area contributed by atoms with E-state index in [0.29, 0.717) is 30.6 Å². The number of hydrogen-bond acceptors (Lipinski definition) is 4. The Hall–Kier alpha value is -2.09. The van der Waals surface area contributed by atoms with Crippen molar-refractivity contribution in [1.29, 1.82) is 0 Å². The number of carboxylic acids is 1. The van der Waals surface area contributed by atoms with Crippen LogP contribution in [0.5, 0.6) is 0 Å². The van der Waals surface area contributed by atoms with E-state index in [1.54, 1.807) is 12.1 Å². The molecular weight excluding hydrogens is 332 g/mol. The van der Waals surface area contributed by atoms with Crippen molar-refractivity contribution in [2.45, 2.75) is 32.7 Å². The van der Waals surface area contributed by atoms with Crippen LogP contribution in [0.3, 0.4) is 0 Å². The molecule has 0 aliphatic carbocycles. The fraction of sp³-hybridized carbons (Fsp3) is 0.500. The molecule has 1 amide bonds. The average molecular weight is 354 g/mol. The van der Waals surface area contributed by atoms with Crippen LogP contribution in [0.1, 0.15) is 36.2 Å². The van der Waals surface area contributed by atoms with E-state index in [-0.39, 0.29) is 5.92 Å². The van der Waals surface area contributed by atoms with Crippen molar-refractivity contribution in [3.63, 3.8) is 0 Å². The minimum atomic E-state index is -3.34. The summed E-state index contributed by atoms with van der Waals surface area (Å²) in [4.78, 5) is 23.6. The standard InChI is InChI=1S/C16H22N2O5S/c1-10(2)8-13(16(20)21)17-15(19)12-4-5-14-11(9-12)6-7-18(14)24(3,22)23/h4-5,9-10,13H,6-8H2,1-3H3,(H,17,19)(H,20,21)/t13-/m0/s1. The second kappa shape index (κ2) is 6.80. The molecule has 0 radical (unpaired) electrons. The van der Waals surface area contributed by atoms with Gasteiger partial charge in [0.2, 0.25) is 10.0 Å². The second-order valence-corrected chi connectivity index (χ2v) is 8.33. The maximum atomic E-state index is 12.3. The summed E-state index contributed by atoms with van der Waals surface area (Å²) in [5, 5.41) is 11.7. The topological polar surface area (TPSA) is 104 Å². The molecule has 2 rings (SSSR count). The lowest BCUT2D eigenvalue weighted by atomic mass is 10.0. The zero-order valence-corrected chi connectivity index (χ0v) is 14.8. The molecule has 24 heavy (non-hydrogen) atoms. The number of fused-ring (bicyclic) bond motifs is 1. The Morgan fingerprint density at radius 1 is 1.33 bits per heavy atom. The zero-order valence-electron chi connectivity index (χ0n) is 13.9. The number of carbonyl (C=O) groups is 2. The number of carbonyl (C=O) groups excluding carboxylic acids is 1. The van der Waals surface area contributed by atoms with Gasteiger partial charge in [-0.2, -0.15) is 0 Å². The van der Waals surface area contributed by atoms with Gasteiger partial charge in [0.25, 0.3) is 5.91 Å². The zero-order chi connectivity index (χ0) is 18.1. The van der Waals surface area contributed by atoms with Crippen molar-refractivity contribution < 1.29 is 23.1 Å². The number of benzene rings is 1. The summed E-state index contributed by atoms with van der Waals surface area (Å²) in [6, 6.07) is 3.80. The number of amides is 1. The molecule has 7 nitrogen and oxygen atoms in total. The highest BCUT2D eigenvalue weighted by molar-refractivity contribution is 7.92. The average Bonchev–Trinajstić information content (AvgIpc) is 2.88. The van der Waals surface area contributed by atoms with Crippen molar-refractivity contribution in [2.24, 2.45) is 5.92 Å². The van der Waals surface area contributed by atoms with E-state index in [1.807, 2.05) is 13.8 Å². The summed E-state index contributed by atoms with van der Waals surface area (Å²) in [5.41, 5.74) is 1.67. The van der Waals surface area contributed by atoms with Gasteiger partial charge in [-0.3, -0.25) is 9.10 Å². The van der Waals surface area contributed by atoms with E-state index in [2.05, 4.69) is 5.32 Å². The predicted molar refractivity (Wildman–Crippen MR) is 90.7 cm³/mol. The fourth-order valence-corrected chi connectivity index (χ4v) is 3.75. The van der Waals surface area contributed by atoms with Gasteiger partial charge in [0.15, 0.2) is 0 Å². The minimum absolute atomic E-state index is 0.134. The molecule has 0 unspecified atom stereocenters. The molecule has 2 N–H and O–H groups in total. The predicted octanol–water partition coefficient (Wildman–Crippen LogP) is 1.24. The van der Waals surface area contributed by atoms with E-state index in [4.69, 9.17) is 0 Å². The molecule has 8 heteroatoms. The summed E-state index contributed by atoms with van der Waals surface area (Å²) < 4.78 is 24.7. The lowest BCUT2D eigenvalue weighted by Crippen LogP contribution is -2.41. The maximum Gasteiger partial charge on any atom is 0.326 e. The van der Waals surface area contributed by atoms with Crippen molar-refractivity contribution in [3.8, 4) is 0 Å². The van der Waals surface area contributed by atoms with Gasteiger partial charge >= 0.3 is 5.97 Å². The van der Waals surface area contributed by atoms with Crippen molar-refractivity contribution in [2.75, 3.05) is 17.1 Å². The Kier molecular flexibility index (Phi) is 5.17. The highest BCUT2D eigenvalue weighted by Crippen LogP contribution is 2.30. The number of anilines is 1.